The predicted octanol–water partition coefficient (Wildman–Crippen LogP) is 5.54. The first-order valence-corrected chi connectivity index (χ1v) is 17.9. The van der Waals surface area contributed by atoms with Gasteiger partial charge >= 0.3 is 18.0 Å². The molecule has 1 saturated heterocycles. The Bertz CT molecular complexity index is 1360. The van der Waals surface area contributed by atoms with Crippen molar-refractivity contribution >= 4 is 23.8 Å². The number of carboxylic acids is 2. The molecule has 6 aliphatic rings. The van der Waals surface area contributed by atoms with Crippen LogP contribution in [0.5, 0.6) is 0 Å². The van der Waals surface area contributed by atoms with E-state index in [4.69, 9.17) is 9.47 Å². The maximum atomic E-state index is 14.6. The topological polar surface area (TPSA) is 142 Å². The van der Waals surface area contributed by atoms with Crippen LogP contribution in [-0.4, -0.2) is 84.4 Å². The fraction of sp³-hybridized carbons (Fsp3) is 0.838. The van der Waals surface area contributed by atoms with Crippen molar-refractivity contribution in [1.29, 1.82) is 0 Å². The molecule has 0 aromatic rings. The van der Waals surface area contributed by atoms with Crippen molar-refractivity contribution in [2.75, 3.05) is 39.4 Å². The molecule has 47 heavy (non-hydrogen) atoms. The van der Waals surface area contributed by atoms with E-state index >= 15 is 0 Å². The van der Waals surface area contributed by atoms with Gasteiger partial charge in [-0.05, 0) is 111 Å². The third-order valence-electron chi connectivity index (χ3n) is 15.2. The fourth-order valence-electron chi connectivity index (χ4n) is 11.8. The molecule has 1 aliphatic heterocycles. The van der Waals surface area contributed by atoms with E-state index in [1.807, 2.05) is 13.0 Å². The number of hydrogen-bond acceptors (Lipinski definition) is 7. The second-order valence-electron chi connectivity index (χ2n) is 17.5. The Labute approximate surface area is 279 Å². The maximum absolute atomic E-state index is 14.6. The van der Waals surface area contributed by atoms with Crippen LogP contribution in [0.15, 0.2) is 11.6 Å². The Morgan fingerprint density at radius 2 is 1.62 bits per heavy atom. The molecule has 1 amide bonds. The SMILES string of the molecule is C[C@]1(C(=O)O)CC[C@]2(C)CC[C@]3(C)C(=CC(=O)[C@@H]4[C@@]5(C)CC[C@H](OC(=O)NCCN6CCOCC6)[C@@](C)(C(=O)O)[C@@H]5CC[C@]43C)[C@@H]2C1. The molecule has 262 valence electrons. The molecule has 10 atom stereocenters. The highest BCUT2D eigenvalue weighted by Crippen LogP contribution is 2.75. The summed E-state index contributed by atoms with van der Waals surface area (Å²) in [6.45, 7) is 16.6. The molecule has 0 aromatic heterocycles. The summed E-state index contributed by atoms with van der Waals surface area (Å²) in [5.74, 6) is -2.39. The smallest absolute Gasteiger partial charge is 0.407 e. The zero-order chi connectivity index (χ0) is 34.2. The number of ether oxygens (including phenoxy) is 2. The number of carbonyl (C=O) groups excluding carboxylic acids is 2. The van der Waals surface area contributed by atoms with Gasteiger partial charge in [-0.25, -0.2) is 4.79 Å². The van der Waals surface area contributed by atoms with Gasteiger partial charge in [0.1, 0.15) is 11.5 Å². The summed E-state index contributed by atoms with van der Waals surface area (Å²) in [7, 11) is 0. The highest BCUT2D eigenvalue weighted by molar-refractivity contribution is 5.96. The van der Waals surface area contributed by atoms with Crippen LogP contribution in [0, 0.1) is 50.2 Å². The third kappa shape index (κ3) is 5.09. The quantitative estimate of drug-likeness (QED) is 0.336. The fourth-order valence-corrected chi connectivity index (χ4v) is 11.8. The molecule has 0 unspecified atom stereocenters. The third-order valence-corrected chi connectivity index (χ3v) is 15.2. The van der Waals surface area contributed by atoms with Gasteiger partial charge in [0.05, 0.1) is 18.6 Å². The molecule has 1 heterocycles. The van der Waals surface area contributed by atoms with Gasteiger partial charge in [-0.3, -0.25) is 19.3 Å². The highest BCUT2D eigenvalue weighted by atomic mass is 16.6. The molecule has 0 aromatic carbocycles. The Kier molecular flexibility index (Phi) is 8.47. The first-order valence-electron chi connectivity index (χ1n) is 17.9. The van der Waals surface area contributed by atoms with Gasteiger partial charge in [-0.2, -0.15) is 0 Å². The van der Waals surface area contributed by atoms with Gasteiger partial charge in [0, 0.05) is 32.1 Å². The van der Waals surface area contributed by atoms with Gasteiger partial charge in [0.2, 0.25) is 0 Å². The highest BCUT2D eigenvalue weighted by Gasteiger charge is 2.72. The molecule has 10 nitrogen and oxygen atoms in total. The Morgan fingerprint density at radius 3 is 2.28 bits per heavy atom. The normalized spacial score (nSPS) is 46.5. The average Bonchev–Trinajstić information content (AvgIpc) is 3.01. The predicted molar refractivity (Wildman–Crippen MR) is 175 cm³/mol. The lowest BCUT2D eigenvalue weighted by molar-refractivity contribution is -0.214. The lowest BCUT2D eigenvalue weighted by Crippen LogP contribution is -2.68. The molecule has 5 aliphatic carbocycles. The van der Waals surface area contributed by atoms with Crippen molar-refractivity contribution in [3.63, 3.8) is 0 Å². The van der Waals surface area contributed by atoms with Crippen LogP contribution >= 0.6 is 0 Å². The summed E-state index contributed by atoms with van der Waals surface area (Å²) in [5, 5.41) is 23.8. The van der Waals surface area contributed by atoms with Crippen LogP contribution in [0.4, 0.5) is 4.79 Å². The van der Waals surface area contributed by atoms with Crippen molar-refractivity contribution in [1.82, 2.24) is 10.2 Å². The number of alkyl carbamates (subject to hydrolysis) is 1. The van der Waals surface area contributed by atoms with Crippen LogP contribution in [-0.2, 0) is 23.9 Å². The number of ketones is 1. The molecule has 0 spiro atoms. The van der Waals surface area contributed by atoms with Gasteiger partial charge in [0.25, 0.3) is 0 Å². The molecule has 0 radical (unpaired) electrons. The van der Waals surface area contributed by atoms with E-state index in [1.54, 1.807) is 6.92 Å². The lowest BCUT2D eigenvalue weighted by atomic mass is 9.33. The maximum Gasteiger partial charge on any atom is 0.407 e. The summed E-state index contributed by atoms with van der Waals surface area (Å²) in [4.78, 5) is 55.4. The van der Waals surface area contributed by atoms with Crippen LogP contribution in [0.25, 0.3) is 0 Å². The molecule has 3 N–H and O–H groups in total. The number of aliphatic carboxylic acids is 2. The number of hydrogen-bond donors (Lipinski definition) is 3. The van der Waals surface area contributed by atoms with Crippen molar-refractivity contribution in [3.05, 3.63) is 11.6 Å². The van der Waals surface area contributed by atoms with Gasteiger partial charge in [0.15, 0.2) is 5.78 Å². The second kappa shape index (κ2) is 11.6. The first kappa shape index (κ1) is 34.4. The van der Waals surface area contributed by atoms with Crippen LogP contribution in [0.2, 0.25) is 0 Å². The van der Waals surface area contributed by atoms with Gasteiger partial charge < -0.3 is 25.0 Å². The number of fused-ring (bicyclic) bond motifs is 7. The summed E-state index contributed by atoms with van der Waals surface area (Å²) in [6, 6.07) is 0. The zero-order valence-electron chi connectivity index (χ0n) is 29.3. The second-order valence-corrected chi connectivity index (χ2v) is 17.5. The van der Waals surface area contributed by atoms with E-state index in [-0.39, 0.29) is 34.4 Å². The number of carbonyl (C=O) groups is 4. The Hall–Kier alpha value is -2.46. The summed E-state index contributed by atoms with van der Waals surface area (Å²) >= 11 is 0. The van der Waals surface area contributed by atoms with Crippen molar-refractivity contribution in [2.24, 2.45) is 50.2 Å². The standard InChI is InChI=1S/C37H56N2O8/c1-32-11-12-33(2,29(41)42)22-24(32)23-21-25(40)28-34(3)9-8-27(47-31(45)38-15-16-39-17-19-46-20-18-39)37(6,30(43)44)26(34)7-10-36(28,5)35(23,4)14-13-32/h21,24,26-28H,7-20,22H2,1-6H3,(H,38,45)(H,41,42)(H,43,44)/t24-,26+,27-,28+,32+,33-,34-,35+,36+,37-/m0/s1. The number of carboxylic acid groups (broad SMARTS) is 2. The van der Waals surface area contributed by atoms with Crippen molar-refractivity contribution in [2.45, 2.75) is 105 Å². The monoisotopic (exact) mass is 656 g/mol. The van der Waals surface area contributed by atoms with Gasteiger partial charge in [-0.1, -0.05) is 33.3 Å². The zero-order valence-corrected chi connectivity index (χ0v) is 29.3. The number of nitrogens with one attached hydrogen (secondary N) is 1. The minimum Gasteiger partial charge on any atom is -0.481 e. The summed E-state index contributed by atoms with van der Waals surface area (Å²) in [5.41, 5.74) is -2.36. The molecule has 5 fully saturated rings. The molecular formula is C37H56N2O8. The molecule has 6 rings (SSSR count). The largest absolute Gasteiger partial charge is 0.481 e. The van der Waals surface area contributed by atoms with E-state index in [9.17, 15) is 29.4 Å². The van der Waals surface area contributed by atoms with Crippen LogP contribution < -0.4 is 5.32 Å². The molecule has 4 saturated carbocycles. The van der Waals surface area contributed by atoms with E-state index in [2.05, 4.69) is 37.9 Å². The number of allylic oxidation sites excluding steroid dienone is 2. The van der Waals surface area contributed by atoms with E-state index < -0.39 is 45.8 Å². The van der Waals surface area contributed by atoms with Crippen molar-refractivity contribution in [3.8, 4) is 0 Å². The Morgan fingerprint density at radius 1 is 0.936 bits per heavy atom. The Balaban J connectivity index is 1.27. The minimum absolute atomic E-state index is 0.0264. The van der Waals surface area contributed by atoms with E-state index in [1.165, 1.54) is 0 Å². The summed E-state index contributed by atoms with van der Waals surface area (Å²) in [6.07, 6.45) is 6.71. The average molecular weight is 657 g/mol. The molecular weight excluding hydrogens is 600 g/mol. The van der Waals surface area contributed by atoms with Crippen LogP contribution in [0.1, 0.15) is 99.3 Å². The van der Waals surface area contributed by atoms with Crippen molar-refractivity contribution < 1.29 is 38.9 Å². The van der Waals surface area contributed by atoms with E-state index in [0.29, 0.717) is 64.8 Å². The number of rotatable bonds is 6. The van der Waals surface area contributed by atoms with Gasteiger partial charge in [-0.15, -0.1) is 0 Å². The lowest BCUT2D eigenvalue weighted by Gasteiger charge is -2.70. The van der Waals surface area contributed by atoms with E-state index in [0.717, 1.165) is 37.9 Å². The first-order chi connectivity index (χ1) is 21.9. The molecule has 0 bridgehead atoms. The number of nitrogens with zero attached hydrogens (tertiary/aromatic N) is 1. The number of amides is 1. The van der Waals surface area contributed by atoms with Crippen LogP contribution in [0.3, 0.4) is 0 Å². The summed E-state index contributed by atoms with van der Waals surface area (Å²) < 4.78 is 11.3. The minimum atomic E-state index is -1.35. The number of morpholine rings is 1. The molecule has 10 heteroatoms.